The standard InChI is InChI=1S/C24H22N8OS/c1-12-10-34-23(28-12)24(11-25)16-8-32(9-17(16)24)18-7-27-20-19(30-31-21(20)29-18)14-2-3-15-13(6-14)4-5-26-22(15)33/h2-7,10,15-17H,8-9,11,25H2,1H3,(H,29,30,31)/t15?,16-,17+,24?. The zero-order valence-electron chi connectivity index (χ0n) is 18.5. The van der Waals surface area contributed by atoms with Crippen molar-refractivity contribution < 1.29 is 4.79 Å². The maximum atomic E-state index is 12.0. The Labute approximate surface area is 199 Å². The van der Waals surface area contributed by atoms with Crippen LogP contribution in [0.1, 0.15) is 16.4 Å². The summed E-state index contributed by atoms with van der Waals surface area (Å²) >= 11 is 1.73. The third kappa shape index (κ3) is 2.69. The Kier molecular flexibility index (Phi) is 4.10. The van der Waals surface area contributed by atoms with E-state index in [0.717, 1.165) is 41.4 Å². The average Bonchev–Trinajstić information content (AvgIpc) is 3.34. The number of anilines is 1. The summed E-state index contributed by atoms with van der Waals surface area (Å²) in [4.78, 5) is 32.4. The minimum Gasteiger partial charge on any atom is -0.355 e. The Balaban J connectivity index is 1.14. The smallest absolute Gasteiger partial charge is 0.257 e. The van der Waals surface area contributed by atoms with Crippen LogP contribution in [0.5, 0.6) is 0 Å². The summed E-state index contributed by atoms with van der Waals surface area (Å²) in [6.45, 7) is 4.47. The van der Waals surface area contributed by atoms with Crippen LogP contribution < -0.4 is 10.6 Å². The highest BCUT2D eigenvalue weighted by atomic mass is 32.1. The normalized spacial score (nSPS) is 29.3. The molecule has 7 rings (SSSR count). The molecule has 1 saturated carbocycles. The van der Waals surface area contributed by atoms with E-state index in [0.29, 0.717) is 29.5 Å². The second-order valence-corrected chi connectivity index (χ2v) is 10.2. The fourth-order valence-electron chi connectivity index (χ4n) is 5.77. The highest BCUT2D eigenvalue weighted by Crippen LogP contribution is 2.63. The molecule has 34 heavy (non-hydrogen) atoms. The van der Waals surface area contributed by atoms with Crippen molar-refractivity contribution in [3.8, 4) is 0 Å². The number of thiazole rings is 1. The number of aromatic amines is 1. The quantitative estimate of drug-likeness (QED) is 0.598. The van der Waals surface area contributed by atoms with E-state index < -0.39 is 0 Å². The third-order valence-electron chi connectivity index (χ3n) is 7.64. The number of rotatable bonds is 4. The molecule has 0 radical (unpaired) electrons. The summed E-state index contributed by atoms with van der Waals surface area (Å²) in [6.07, 6.45) is 11.0. The van der Waals surface area contributed by atoms with E-state index in [1.165, 1.54) is 5.01 Å². The summed E-state index contributed by atoms with van der Waals surface area (Å²) in [5, 5.41) is 10.8. The highest BCUT2D eigenvalue weighted by Gasteiger charge is 2.69. The monoisotopic (exact) mass is 470 g/mol. The van der Waals surface area contributed by atoms with E-state index in [-0.39, 0.29) is 17.2 Å². The summed E-state index contributed by atoms with van der Waals surface area (Å²) < 4.78 is 0. The van der Waals surface area contributed by atoms with Gasteiger partial charge in [-0.25, -0.2) is 19.9 Å². The Hall–Kier alpha value is -3.50. The van der Waals surface area contributed by atoms with Gasteiger partial charge in [-0.1, -0.05) is 12.2 Å². The van der Waals surface area contributed by atoms with Gasteiger partial charge in [-0.15, -0.1) is 11.3 Å². The topological polar surface area (TPSA) is 126 Å². The molecule has 10 heteroatoms. The first kappa shape index (κ1) is 19.9. The Morgan fingerprint density at radius 2 is 2.15 bits per heavy atom. The average molecular weight is 471 g/mol. The number of nitrogens with zero attached hydrogens (tertiary/aromatic N) is 6. The number of hydrogen-bond acceptors (Lipinski definition) is 8. The number of hydrogen-bond donors (Lipinski definition) is 2. The number of nitrogens with one attached hydrogen (secondary N) is 1. The van der Waals surface area contributed by atoms with Crippen LogP contribution in [0.4, 0.5) is 5.82 Å². The predicted octanol–water partition coefficient (Wildman–Crippen LogP) is 2.19. The van der Waals surface area contributed by atoms with Crippen LogP contribution >= 0.6 is 11.3 Å². The molecule has 5 heterocycles. The minimum atomic E-state index is -0.309. The molecule has 2 fully saturated rings. The van der Waals surface area contributed by atoms with Crippen LogP contribution in [0.25, 0.3) is 16.7 Å². The number of piperidine rings is 1. The molecule has 0 aromatic carbocycles. The fourth-order valence-corrected chi connectivity index (χ4v) is 6.91. The van der Waals surface area contributed by atoms with Gasteiger partial charge < -0.3 is 10.6 Å². The Morgan fingerprint density at radius 3 is 2.91 bits per heavy atom. The van der Waals surface area contributed by atoms with Crippen molar-refractivity contribution in [2.75, 3.05) is 24.5 Å². The third-order valence-corrected chi connectivity index (χ3v) is 8.79. The van der Waals surface area contributed by atoms with Gasteiger partial charge in [0.05, 0.1) is 17.8 Å². The summed E-state index contributed by atoms with van der Waals surface area (Å²) in [6, 6.07) is 0. The molecule has 1 saturated heterocycles. The fraction of sp³-hybridized carbons (Fsp3) is 0.333. The molecular weight excluding hydrogens is 448 g/mol. The first-order valence-corrected chi connectivity index (χ1v) is 12.2. The molecule has 3 aromatic rings. The van der Waals surface area contributed by atoms with E-state index in [4.69, 9.17) is 20.7 Å². The van der Waals surface area contributed by atoms with Gasteiger partial charge in [-0.3, -0.25) is 9.89 Å². The number of fused-ring (bicyclic) bond motifs is 3. The zero-order valence-corrected chi connectivity index (χ0v) is 19.3. The Bertz CT molecular complexity index is 1460. The van der Waals surface area contributed by atoms with Crippen molar-refractivity contribution in [3.05, 3.63) is 57.8 Å². The van der Waals surface area contributed by atoms with Gasteiger partial charge in [-0.05, 0) is 36.5 Å². The molecule has 4 aliphatic rings. The largest absolute Gasteiger partial charge is 0.355 e. The number of aliphatic imine (C=N–C) groups is 1. The lowest BCUT2D eigenvalue weighted by atomic mass is 9.88. The molecular formula is C24H22N8OS. The van der Waals surface area contributed by atoms with E-state index >= 15 is 0 Å². The van der Waals surface area contributed by atoms with Crippen LogP contribution in [-0.4, -0.2) is 56.9 Å². The molecule has 3 N–H and O–H groups in total. The van der Waals surface area contributed by atoms with Gasteiger partial charge in [0.2, 0.25) is 5.65 Å². The first-order chi connectivity index (χ1) is 16.6. The van der Waals surface area contributed by atoms with Crippen molar-refractivity contribution in [1.29, 1.82) is 0 Å². The molecule has 0 bridgehead atoms. The number of carbonyl (C=O) groups excluding carboxylic acids is 1. The van der Waals surface area contributed by atoms with E-state index in [1.54, 1.807) is 17.6 Å². The van der Waals surface area contributed by atoms with Gasteiger partial charge in [-0.2, -0.15) is 5.10 Å². The second-order valence-electron chi connectivity index (χ2n) is 9.38. The molecule has 9 nitrogen and oxygen atoms in total. The van der Waals surface area contributed by atoms with Crippen molar-refractivity contribution in [2.24, 2.45) is 28.5 Å². The van der Waals surface area contributed by atoms with E-state index in [9.17, 15) is 4.79 Å². The Morgan fingerprint density at radius 1 is 1.29 bits per heavy atom. The lowest BCUT2D eigenvalue weighted by Gasteiger charge is -2.25. The second kappa shape index (κ2) is 7.00. The molecule has 170 valence electrons. The van der Waals surface area contributed by atoms with Crippen LogP contribution in [-0.2, 0) is 10.2 Å². The lowest BCUT2D eigenvalue weighted by molar-refractivity contribution is -0.119. The SMILES string of the molecule is Cc1csc(C2(CN)[C@@H]3CN(c4cnc5c(C6=CC7=CC=NC(=O)C7C=C6)[nH]nc5n4)C[C@@H]32)n1. The van der Waals surface area contributed by atoms with E-state index in [2.05, 4.69) is 25.5 Å². The van der Waals surface area contributed by atoms with Crippen molar-refractivity contribution >= 4 is 46.0 Å². The van der Waals surface area contributed by atoms with E-state index in [1.807, 2.05) is 37.4 Å². The molecule has 0 spiro atoms. The number of amides is 1. The summed E-state index contributed by atoms with van der Waals surface area (Å²) in [5.74, 6) is 1.38. The minimum absolute atomic E-state index is 0.0179. The van der Waals surface area contributed by atoms with Gasteiger partial charge in [0.25, 0.3) is 5.91 Å². The molecule has 2 aliphatic heterocycles. The highest BCUT2D eigenvalue weighted by molar-refractivity contribution is 7.09. The van der Waals surface area contributed by atoms with Crippen molar-refractivity contribution in [2.45, 2.75) is 12.3 Å². The molecule has 3 aromatic heterocycles. The number of dihydropyridines is 1. The number of H-pyrrole nitrogens is 1. The first-order valence-electron chi connectivity index (χ1n) is 11.4. The molecule has 2 aliphatic carbocycles. The summed E-state index contributed by atoms with van der Waals surface area (Å²) in [7, 11) is 0. The van der Waals surface area contributed by atoms with Gasteiger partial charge in [0, 0.05) is 47.9 Å². The number of nitrogens with two attached hydrogens (primary N) is 1. The number of carbonyl (C=O) groups is 1. The zero-order chi connectivity index (χ0) is 23.0. The van der Waals surface area contributed by atoms with Crippen LogP contribution in [0.15, 0.2) is 46.4 Å². The molecule has 1 amide bonds. The van der Waals surface area contributed by atoms with Crippen LogP contribution in [0.2, 0.25) is 0 Å². The van der Waals surface area contributed by atoms with Gasteiger partial charge in [0.15, 0.2) is 0 Å². The lowest BCUT2D eigenvalue weighted by Crippen LogP contribution is -2.35. The maximum Gasteiger partial charge on any atom is 0.257 e. The van der Waals surface area contributed by atoms with Crippen molar-refractivity contribution in [3.63, 3.8) is 0 Å². The maximum absolute atomic E-state index is 12.0. The van der Waals surface area contributed by atoms with Gasteiger partial charge >= 0.3 is 0 Å². The van der Waals surface area contributed by atoms with Crippen molar-refractivity contribution in [1.82, 2.24) is 25.1 Å². The van der Waals surface area contributed by atoms with Crippen LogP contribution in [0.3, 0.4) is 0 Å². The molecule has 4 atom stereocenters. The summed E-state index contributed by atoms with van der Waals surface area (Å²) in [5.41, 5.74) is 11.3. The number of aromatic nitrogens is 5. The predicted molar refractivity (Wildman–Crippen MR) is 131 cm³/mol. The molecule has 2 unspecified atom stereocenters. The number of aryl methyl sites for hydroxylation is 1. The van der Waals surface area contributed by atoms with Gasteiger partial charge in [0.1, 0.15) is 16.3 Å². The van der Waals surface area contributed by atoms with Crippen LogP contribution in [0, 0.1) is 24.7 Å². The number of allylic oxidation sites excluding steroid dienone is 4.